The van der Waals surface area contributed by atoms with Gasteiger partial charge in [0, 0.05) is 0 Å². The topological polar surface area (TPSA) is 0 Å². The van der Waals surface area contributed by atoms with Crippen LogP contribution in [-0.2, 0) is 16.0 Å². The fraction of sp³-hybridized carbons (Fsp3) is 0.200. The van der Waals surface area contributed by atoms with Gasteiger partial charge >= 0.3 is 75.5 Å². The van der Waals surface area contributed by atoms with E-state index in [0.29, 0.717) is 0 Å². The predicted octanol–water partition coefficient (Wildman–Crippen LogP) is 2.16. The van der Waals surface area contributed by atoms with Crippen molar-refractivity contribution in [1.29, 1.82) is 0 Å². The van der Waals surface area contributed by atoms with Gasteiger partial charge in [0.1, 0.15) is 0 Å². The Morgan fingerprint density at radius 3 is 2.64 bits per heavy atom. The van der Waals surface area contributed by atoms with E-state index in [1.165, 1.54) is 11.1 Å². The summed E-state index contributed by atoms with van der Waals surface area (Å²) in [6.07, 6.45) is 0. The minimum absolute atomic E-state index is 1.04. The Balaban J connectivity index is 3.19. The summed E-state index contributed by atoms with van der Waals surface area (Å²) in [7, 11) is 0. The molecule has 0 aliphatic rings. The van der Waals surface area contributed by atoms with Gasteiger partial charge in [0.15, 0.2) is 0 Å². The SMILES string of the molecule is Cc1ccc(C)c(C#[C][Cu])c1. The van der Waals surface area contributed by atoms with E-state index in [1.807, 2.05) is 19.9 Å². The van der Waals surface area contributed by atoms with Gasteiger partial charge in [0.2, 0.25) is 0 Å². The van der Waals surface area contributed by atoms with Crippen molar-refractivity contribution in [3.63, 3.8) is 0 Å². The summed E-state index contributed by atoms with van der Waals surface area (Å²) in [5.74, 6) is 2.87. The van der Waals surface area contributed by atoms with E-state index in [-0.39, 0.29) is 0 Å². The molecule has 0 unspecified atom stereocenters. The van der Waals surface area contributed by atoms with E-state index >= 15 is 0 Å². The van der Waals surface area contributed by atoms with Gasteiger partial charge in [-0.1, -0.05) is 0 Å². The third-order valence-electron chi connectivity index (χ3n) is 1.57. The fourth-order valence-electron chi connectivity index (χ4n) is 0.911. The van der Waals surface area contributed by atoms with E-state index in [1.54, 1.807) is 0 Å². The molecule has 0 fully saturated rings. The van der Waals surface area contributed by atoms with Gasteiger partial charge in [-0.25, -0.2) is 0 Å². The molecule has 1 heteroatoms. The number of hydrogen-bond acceptors (Lipinski definition) is 0. The molecule has 11 heavy (non-hydrogen) atoms. The average molecular weight is 193 g/mol. The van der Waals surface area contributed by atoms with E-state index in [2.05, 4.69) is 22.9 Å². The molecule has 0 amide bonds. The van der Waals surface area contributed by atoms with Crippen LogP contribution in [0.4, 0.5) is 0 Å². The Kier molecular flexibility index (Phi) is 2.76. The summed E-state index contributed by atoms with van der Waals surface area (Å²) in [6.45, 7) is 4.08. The molecule has 0 nitrogen and oxygen atoms in total. The fourth-order valence-corrected chi connectivity index (χ4v) is 1.04. The van der Waals surface area contributed by atoms with Gasteiger partial charge < -0.3 is 0 Å². The van der Waals surface area contributed by atoms with Crippen LogP contribution in [0.1, 0.15) is 16.7 Å². The van der Waals surface area contributed by atoms with Gasteiger partial charge in [-0.05, 0) is 0 Å². The van der Waals surface area contributed by atoms with Crippen molar-refractivity contribution < 1.29 is 16.0 Å². The van der Waals surface area contributed by atoms with Crippen LogP contribution < -0.4 is 0 Å². The van der Waals surface area contributed by atoms with Crippen LogP contribution in [0.3, 0.4) is 0 Å². The maximum atomic E-state index is 4.71. The average Bonchev–Trinajstić information content (AvgIpc) is 1.98. The molecule has 0 bridgehead atoms. The van der Waals surface area contributed by atoms with Crippen LogP contribution >= 0.6 is 0 Å². The minimum atomic E-state index is 1.04. The van der Waals surface area contributed by atoms with Gasteiger partial charge in [-0.3, -0.25) is 0 Å². The molecule has 0 radical (unpaired) electrons. The number of rotatable bonds is 0. The van der Waals surface area contributed by atoms with E-state index in [9.17, 15) is 0 Å². The molecule has 0 aromatic heterocycles. The molecule has 0 saturated heterocycles. The van der Waals surface area contributed by atoms with Gasteiger partial charge in [-0.15, -0.1) is 0 Å². The van der Waals surface area contributed by atoms with Crippen molar-refractivity contribution in [2.24, 2.45) is 0 Å². The van der Waals surface area contributed by atoms with Crippen molar-refractivity contribution in [2.45, 2.75) is 13.8 Å². The molecule has 0 saturated carbocycles. The molecule has 0 aliphatic carbocycles. The van der Waals surface area contributed by atoms with Crippen LogP contribution in [0.2, 0.25) is 0 Å². The summed E-state index contributed by atoms with van der Waals surface area (Å²) in [4.78, 5) is 2.46. The predicted molar refractivity (Wildman–Crippen MR) is 42.8 cm³/mol. The van der Waals surface area contributed by atoms with Crippen molar-refractivity contribution >= 4 is 0 Å². The van der Waals surface area contributed by atoms with E-state index in [0.717, 1.165) is 5.56 Å². The number of hydrogen-bond donors (Lipinski definition) is 0. The molecule has 1 aromatic rings. The zero-order valence-electron chi connectivity index (χ0n) is 6.53. The zero-order valence-corrected chi connectivity index (χ0v) is 7.48. The zero-order chi connectivity index (χ0) is 8.27. The molecule has 1 rings (SSSR count). The summed E-state index contributed by atoms with van der Waals surface area (Å²) in [5.41, 5.74) is 3.44. The van der Waals surface area contributed by atoms with Crippen LogP contribution in [0.15, 0.2) is 18.2 Å². The van der Waals surface area contributed by atoms with E-state index < -0.39 is 0 Å². The molecule has 60 valence electrons. The quantitative estimate of drug-likeness (QED) is 0.437. The second-order valence-electron chi connectivity index (χ2n) is 2.52. The molecule has 0 aliphatic heterocycles. The molecule has 0 atom stereocenters. The third-order valence-corrected chi connectivity index (χ3v) is 1.68. The summed E-state index contributed by atoms with van der Waals surface area (Å²) >= 11 is 4.71. The summed E-state index contributed by atoms with van der Waals surface area (Å²) in [6, 6.07) is 6.18. The first-order chi connectivity index (χ1) is 5.24. The Morgan fingerprint density at radius 2 is 2.00 bits per heavy atom. The van der Waals surface area contributed by atoms with Gasteiger partial charge in [0.05, 0.1) is 0 Å². The molecular weight excluding hydrogens is 184 g/mol. The second-order valence-corrected chi connectivity index (χ2v) is 2.75. The summed E-state index contributed by atoms with van der Waals surface area (Å²) < 4.78 is 0. The molecule has 0 spiro atoms. The molecule has 0 N–H and O–H groups in total. The van der Waals surface area contributed by atoms with Gasteiger partial charge in [-0.2, -0.15) is 0 Å². The monoisotopic (exact) mass is 192 g/mol. The molecule has 1 aromatic carbocycles. The van der Waals surface area contributed by atoms with Crippen LogP contribution in [-0.4, -0.2) is 0 Å². The second kappa shape index (κ2) is 3.62. The third kappa shape index (κ3) is 2.12. The van der Waals surface area contributed by atoms with E-state index in [4.69, 9.17) is 16.0 Å². The Bertz CT molecular complexity index is 315. The first-order valence-electron chi connectivity index (χ1n) is 3.39. The Labute approximate surface area is 75.8 Å². The first-order valence-corrected chi connectivity index (χ1v) is 3.86. The van der Waals surface area contributed by atoms with Crippen LogP contribution in [0.25, 0.3) is 0 Å². The maximum absolute atomic E-state index is 4.71. The summed E-state index contributed by atoms with van der Waals surface area (Å²) in [5, 5.41) is 0. The normalized spacial score (nSPS) is 8.73. The van der Waals surface area contributed by atoms with Crippen molar-refractivity contribution in [2.75, 3.05) is 0 Å². The van der Waals surface area contributed by atoms with Crippen molar-refractivity contribution in [1.82, 2.24) is 0 Å². The Morgan fingerprint density at radius 1 is 1.27 bits per heavy atom. The van der Waals surface area contributed by atoms with Crippen LogP contribution in [0.5, 0.6) is 0 Å². The number of aryl methyl sites for hydroxylation is 2. The first kappa shape index (κ1) is 8.40. The molecular formula is C10H9Cu. The number of benzene rings is 1. The van der Waals surface area contributed by atoms with Crippen molar-refractivity contribution in [3.05, 3.63) is 34.9 Å². The van der Waals surface area contributed by atoms with Crippen molar-refractivity contribution in [3.8, 4) is 10.7 Å². The molecule has 0 heterocycles. The standard InChI is InChI=1S/C10H9.Cu/c1-4-10-7-8(2)5-6-9(10)3;/h5-7H,2-3H3;. The van der Waals surface area contributed by atoms with Crippen LogP contribution in [0, 0.1) is 24.6 Å². The van der Waals surface area contributed by atoms with Gasteiger partial charge in [0.25, 0.3) is 0 Å². The Hall–Kier alpha value is -0.701.